The van der Waals surface area contributed by atoms with Gasteiger partial charge in [-0.1, -0.05) is 0 Å². The maximum absolute atomic E-state index is 13.3. The lowest BCUT2D eigenvalue weighted by atomic mass is 10.1. The summed E-state index contributed by atoms with van der Waals surface area (Å²) >= 11 is 0. The van der Waals surface area contributed by atoms with Crippen LogP contribution in [-0.2, 0) is 16.0 Å². The van der Waals surface area contributed by atoms with Crippen molar-refractivity contribution < 1.29 is 14.3 Å². The van der Waals surface area contributed by atoms with E-state index in [1.54, 1.807) is 32.1 Å². The predicted molar refractivity (Wildman–Crippen MR) is 104 cm³/mol. The summed E-state index contributed by atoms with van der Waals surface area (Å²) in [6.07, 6.45) is 1.98. The van der Waals surface area contributed by atoms with Crippen molar-refractivity contribution in [3.05, 3.63) is 38.2 Å². The number of methoxy groups -OCH3 is 2. The molecule has 0 unspecified atom stereocenters. The van der Waals surface area contributed by atoms with Crippen LogP contribution in [0.15, 0.2) is 15.7 Å². The van der Waals surface area contributed by atoms with Crippen molar-refractivity contribution in [2.45, 2.75) is 32.2 Å². The van der Waals surface area contributed by atoms with Crippen LogP contribution in [0.2, 0.25) is 0 Å². The second-order valence-electron chi connectivity index (χ2n) is 6.85. The van der Waals surface area contributed by atoms with Crippen LogP contribution in [0.1, 0.15) is 41.7 Å². The molecule has 2 aromatic heterocycles. The number of aromatic nitrogens is 3. The highest BCUT2D eigenvalue weighted by Gasteiger charge is 2.29. The first-order chi connectivity index (χ1) is 13.5. The van der Waals surface area contributed by atoms with Crippen molar-refractivity contribution in [3.8, 4) is 0 Å². The van der Waals surface area contributed by atoms with E-state index in [9.17, 15) is 14.4 Å². The van der Waals surface area contributed by atoms with E-state index in [4.69, 9.17) is 9.47 Å². The Labute approximate surface area is 162 Å². The van der Waals surface area contributed by atoms with Gasteiger partial charge in [0, 0.05) is 45.5 Å². The lowest BCUT2D eigenvalue weighted by Gasteiger charge is -2.23. The molecule has 0 aromatic carbocycles. The van der Waals surface area contributed by atoms with E-state index in [-0.39, 0.29) is 28.4 Å². The Morgan fingerprint density at radius 1 is 1.25 bits per heavy atom. The van der Waals surface area contributed by atoms with Gasteiger partial charge < -0.3 is 14.4 Å². The van der Waals surface area contributed by atoms with Crippen molar-refractivity contribution >= 4 is 16.9 Å². The molecule has 1 saturated carbocycles. The van der Waals surface area contributed by atoms with Gasteiger partial charge in [0.05, 0.1) is 24.2 Å². The molecule has 1 aliphatic carbocycles. The number of pyridine rings is 1. The van der Waals surface area contributed by atoms with E-state index in [0.717, 1.165) is 18.5 Å². The Bertz CT molecular complexity index is 969. The standard InChI is InChI=1S/C19H26N4O5/c1-4-23-16-15(17(24)21-19(23)26)13(11-14(20-16)12-5-6-12)18(25)22(7-9-27-2)8-10-28-3/h11-12H,4-10H2,1-3H3,(H,21,24,26). The van der Waals surface area contributed by atoms with Crippen molar-refractivity contribution in [2.75, 3.05) is 40.5 Å². The van der Waals surface area contributed by atoms with Crippen LogP contribution < -0.4 is 11.2 Å². The zero-order valence-corrected chi connectivity index (χ0v) is 16.5. The monoisotopic (exact) mass is 390 g/mol. The molecule has 0 bridgehead atoms. The molecule has 28 heavy (non-hydrogen) atoms. The Kier molecular flexibility index (Phi) is 6.25. The van der Waals surface area contributed by atoms with Crippen LogP contribution >= 0.6 is 0 Å². The highest BCUT2D eigenvalue weighted by Crippen LogP contribution is 2.40. The van der Waals surface area contributed by atoms with Gasteiger partial charge in [0.1, 0.15) is 0 Å². The highest BCUT2D eigenvalue weighted by molar-refractivity contribution is 6.05. The number of carbonyl (C=O) groups excluding carboxylic acids is 1. The molecule has 0 spiro atoms. The zero-order valence-electron chi connectivity index (χ0n) is 16.5. The maximum atomic E-state index is 13.3. The third-order valence-electron chi connectivity index (χ3n) is 4.93. The molecule has 9 heteroatoms. The summed E-state index contributed by atoms with van der Waals surface area (Å²) in [4.78, 5) is 46.7. The Morgan fingerprint density at radius 3 is 2.43 bits per heavy atom. The Morgan fingerprint density at radius 2 is 1.89 bits per heavy atom. The molecule has 0 aliphatic heterocycles. The molecule has 0 atom stereocenters. The van der Waals surface area contributed by atoms with Crippen molar-refractivity contribution in [1.82, 2.24) is 19.4 Å². The molecule has 152 valence electrons. The first kappa shape index (κ1) is 20.2. The first-order valence-electron chi connectivity index (χ1n) is 9.46. The molecule has 1 aliphatic rings. The number of carbonyl (C=O) groups is 1. The fourth-order valence-corrected chi connectivity index (χ4v) is 3.23. The molecule has 0 radical (unpaired) electrons. The molecule has 0 saturated heterocycles. The largest absolute Gasteiger partial charge is 0.383 e. The number of aryl methyl sites for hydroxylation is 1. The second-order valence-corrected chi connectivity index (χ2v) is 6.85. The van der Waals surface area contributed by atoms with Crippen molar-refractivity contribution in [3.63, 3.8) is 0 Å². The summed E-state index contributed by atoms with van der Waals surface area (Å²) < 4.78 is 11.6. The number of rotatable bonds is 9. The molecular weight excluding hydrogens is 364 g/mol. The molecule has 3 rings (SSSR count). The number of hydrogen-bond acceptors (Lipinski definition) is 6. The van der Waals surface area contributed by atoms with Crippen LogP contribution in [0.4, 0.5) is 0 Å². The SMILES string of the molecule is CCn1c(=O)[nH]c(=O)c2c(C(=O)N(CCOC)CCOC)cc(C3CC3)nc21. The van der Waals surface area contributed by atoms with E-state index in [1.807, 2.05) is 0 Å². The third-order valence-corrected chi connectivity index (χ3v) is 4.93. The van der Waals surface area contributed by atoms with Crippen molar-refractivity contribution in [1.29, 1.82) is 0 Å². The van der Waals surface area contributed by atoms with Gasteiger partial charge in [-0.2, -0.15) is 0 Å². The maximum Gasteiger partial charge on any atom is 0.329 e. The average molecular weight is 390 g/mol. The third kappa shape index (κ3) is 4.00. The van der Waals surface area contributed by atoms with Gasteiger partial charge in [-0.15, -0.1) is 0 Å². The van der Waals surface area contributed by atoms with Crippen LogP contribution in [-0.4, -0.2) is 65.9 Å². The molecule has 1 amide bonds. The summed E-state index contributed by atoms with van der Waals surface area (Å²) in [5.41, 5.74) is 0.169. The highest BCUT2D eigenvalue weighted by atomic mass is 16.5. The number of H-pyrrole nitrogens is 1. The fourth-order valence-electron chi connectivity index (χ4n) is 3.23. The number of nitrogens with zero attached hydrogens (tertiary/aromatic N) is 3. The summed E-state index contributed by atoms with van der Waals surface area (Å²) in [5.74, 6) is -0.0303. The summed E-state index contributed by atoms with van der Waals surface area (Å²) in [5, 5.41) is 0.149. The van der Waals surface area contributed by atoms with Gasteiger partial charge >= 0.3 is 5.69 Å². The number of ether oxygens (including phenoxy) is 2. The quantitative estimate of drug-likeness (QED) is 0.676. The van der Waals surface area contributed by atoms with Crippen LogP contribution in [0.25, 0.3) is 11.0 Å². The zero-order chi connectivity index (χ0) is 20.3. The summed E-state index contributed by atoms with van der Waals surface area (Å²) in [6.45, 7) is 3.61. The number of fused-ring (bicyclic) bond motifs is 1. The van der Waals surface area contributed by atoms with E-state index in [2.05, 4.69) is 9.97 Å². The fraction of sp³-hybridized carbons (Fsp3) is 0.579. The molecular formula is C19H26N4O5. The molecule has 9 nitrogen and oxygen atoms in total. The van der Waals surface area contributed by atoms with Gasteiger partial charge in [0.15, 0.2) is 5.65 Å². The molecule has 2 heterocycles. The number of nitrogens with one attached hydrogen (secondary N) is 1. The van der Waals surface area contributed by atoms with E-state index >= 15 is 0 Å². The number of aromatic amines is 1. The van der Waals surface area contributed by atoms with Gasteiger partial charge in [0.2, 0.25) is 0 Å². The predicted octanol–water partition coefficient (Wildman–Crippen LogP) is 0.717. The Hall–Kier alpha value is -2.52. The average Bonchev–Trinajstić information content (AvgIpc) is 3.52. The van der Waals surface area contributed by atoms with E-state index < -0.39 is 11.2 Å². The van der Waals surface area contributed by atoms with Gasteiger partial charge in [-0.25, -0.2) is 9.78 Å². The minimum atomic E-state index is -0.596. The smallest absolute Gasteiger partial charge is 0.329 e. The van der Waals surface area contributed by atoms with E-state index in [1.165, 1.54) is 4.57 Å². The van der Waals surface area contributed by atoms with Gasteiger partial charge in [-0.3, -0.25) is 19.1 Å². The Balaban J connectivity index is 2.18. The minimum Gasteiger partial charge on any atom is -0.383 e. The van der Waals surface area contributed by atoms with E-state index in [0.29, 0.717) is 32.8 Å². The molecule has 2 aromatic rings. The minimum absolute atomic E-state index is 0.149. The first-order valence-corrected chi connectivity index (χ1v) is 9.46. The van der Waals surface area contributed by atoms with Crippen LogP contribution in [0, 0.1) is 0 Å². The summed E-state index contributed by atoms with van der Waals surface area (Å²) in [7, 11) is 3.13. The number of amides is 1. The van der Waals surface area contributed by atoms with Crippen molar-refractivity contribution in [2.24, 2.45) is 0 Å². The molecule has 1 fully saturated rings. The lowest BCUT2D eigenvalue weighted by Crippen LogP contribution is -2.38. The number of hydrogen-bond donors (Lipinski definition) is 1. The van der Waals surface area contributed by atoms with Crippen LogP contribution in [0.5, 0.6) is 0 Å². The second kappa shape index (κ2) is 8.66. The van der Waals surface area contributed by atoms with Gasteiger partial charge in [0.25, 0.3) is 11.5 Å². The van der Waals surface area contributed by atoms with Crippen LogP contribution in [0.3, 0.4) is 0 Å². The topological polar surface area (TPSA) is 107 Å². The molecule has 1 N–H and O–H groups in total. The normalized spacial score (nSPS) is 13.8. The summed E-state index contributed by atoms with van der Waals surface area (Å²) in [6, 6.07) is 1.70. The lowest BCUT2D eigenvalue weighted by molar-refractivity contribution is 0.0629. The van der Waals surface area contributed by atoms with Gasteiger partial charge in [-0.05, 0) is 25.8 Å².